The third kappa shape index (κ3) is 7.65. The van der Waals surface area contributed by atoms with Crippen LogP contribution >= 0.6 is 11.8 Å². The molecule has 6 nitrogen and oxygen atoms in total. The summed E-state index contributed by atoms with van der Waals surface area (Å²) in [6, 6.07) is 17.9. The number of fused-ring (bicyclic) bond motifs is 1. The summed E-state index contributed by atoms with van der Waals surface area (Å²) in [6.45, 7) is -0.0574. The van der Waals surface area contributed by atoms with E-state index in [1.807, 2.05) is 28.8 Å². The van der Waals surface area contributed by atoms with Crippen LogP contribution in [0.25, 0.3) is 11.1 Å². The summed E-state index contributed by atoms with van der Waals surface area (Å²) in [5.74, 6) is -0.139. The highest BCUT2D eigenvalue weighted by Crippen LogP contribution is 2.33. The lowest BCUT2D eigenvalue weighted by Crippen LogP contribution is -2.38. The zero-order valence-corrected chi connectivity index (χ0v) is 25.5. The maximum Gasteiger partial charge on any atom is 0.416 e. The molecule has 236 valence electrons. The molecule has 3 aromatic carbocycles. The monoisotopic (exact) mass is 639 g/mol. The molecule has 0 spiro atoms. The van der Waals surface area contributed by atoms with Crippen molar-refractivity contribution in [2.45, 2.75) is 55.2 Å². The van der Waals surface area contributed by atoms with E-state index in [0.717, 1.165) is 40.9 Å². The number of rotatable bonds is 11. The number of halogens is 4. The Kier molecular flexibility index (Phi) is 10.1. The number of amides is 1. The summed E-state index contributed by atoms with van der Waals surface area (Å²) < 4.78 is 54.3. The molecule has 0 aliphatic heterocycles. The van der Waals surface area contributed by atoms with E-state index in [0.29, 0.717) is 47.7 Å². The Hall–Kier alpha value is -3.96. The first-order chi connectivity index (χ1) is 21.5. The molecule has 5 rings (SSSR count). The third-order valence-corrected chi connectivity index (χ3v) is 9.06. The van der Waals surface area contributed by atoms with Crippen molar-refractivity contribution in [2.75, 3.05) is 20.2 Å². The van der Waals surface area contributed by atoms with Crippen molar-refractivity contribution in [3.63, 3.8) is 0 Å². The molecule has 1 amide bonds. The number of hydrogen-bond acceptors (Lipinski definition) is 5. The lowest BCUT2D eigenvalue weighted by molar-refractivity contribution is -0.137. The molecule has 0 radical (unpaired) electrons. The van der Waals surface area contributed by atoms with E-state index in [-0.39, 0.29) is 30.4 Å². The first kappa shape index (κ1) is 32.4. The van der Waals surface area contributed by atoms with Crippen LogP contribution in [0.3, 0.4) is 0 Å². The fourth-order valence-electron chi connectivity index (χ4n) is 5.60. The Labute approximate surface area is 262 Å². The standard InChI is InChI=1S/C34H33F4N3O3S/c1-40(19-20-42)32(44)30(18-9-22-5-10-24(11-6-22)25-12-14-26(15-13-25)34(36,37)38)41-29-4-2-3-28(29)31(43)39-33(41)45-21-23-7-16-27(35)17-8-23/h5-8,10-17,30,42H,2-4,9,18-21H2,1H3. The summed E-state index contributed by atoms with van der Waals surface area (Å²) in [7, 11) is 1.63. The number of thioether (sulfide) groups is 1. The summed E-state index contributed by atoms with van der Waals surface area (Å²) in [5.41, 5.74) is 3.61. The Morgan fingerprint density at radius 1 is 0.978 bits per heavy atom. The van der Waals surface area contributed by atoms with Crippen molar-refractivity contribution in [1.82, 2.24) is 14.5 Å². The number of nitrogens with zero attached hydrogens (tertiary/aromatic N) is 3. The first-order valence-corrected chi connectivity index (χ1v) is 15.7. The second kappa shape index (κ2) is 14.0. The fraction of sp³-hybridized carbons (Fsp3) is 0.324. The van der Waals surface area contributed by atoms with Crippen molar-refractivity contribution in [2.24, 2.45) is 0 Å². The molecule has 1 atom stereocenters. The lowest BCUT2D eigenvalue weighted by atomic mass is 9.99. The zero-order chi connectivity index (χ0) is 32.1. The van der Waals surface area contributed by atoms with Crippen LogP contribution in [0.5, 0.6) is 0 Å². The van der Waals surface area contributed by atoms with E-state index < -0.39 is 17.8 Å². The molecule has 1 aliphatic rings. The summed E-state index contributed by atoms with van der Waals surface area (Å²) in [4.78, 5) is 32.8. The Balaban J connectivity index is 1.43. The summed E-state index contributed by atoms with van der Waals surface area (Å²) in [6.07, 6.45) is -1.52. The normalized spacial score (nSPS) is 13.5. The highest BCUT2D eigenvalue weighted by molar-refractivity contribution is 7.98. The number of aryl methyl sites for hydroxylation is 1. The molecule has 0 fully saturated rings. The number of aliphatic hydroxyl groups is 1. The van der Waals surface area contributed by atoms with Crippen LogP contribution in [0.15, 0.2) is 82.7 Å². The van der Waals surface area contributed by atoms with Gasteiger partial charge in [-0.05, 0) is 78.6 Å². The van der Waals surface area contributed by atoms with Gasteiger partial charge in [0.25, 0.3) is 5.56 Å². The molecule has 0 saturated heterocycles. The van der Waals surface area contributed by atoms with Gasteiger partial charge in [-0.3, -0.25) is 9.59 Å². The van der Waals surface area contributed by atoms with E-state index in [1.54, 1.807) is 19.2 Å². The maximum absolute atomic E-state index is 13.9. The van der Waals surface area contributed by atoms with Crippen molar-refractivity contribution in [3.05, 3.63) is 117 Å². The van der Waals surface area contributed by atoms with E-state index >= 15 is 0 Å². The van der Waals surface area contributed by atoms with Gasteiger partial charge in [0.1, 0.15) is 11.9 Å². The molecule has 1 heterocycles. The number of aromatic nitrogens is 2. The summed E-state index contributed by atoms with van der Waals surface area (Å²) in [5, 5.41) is 9.97. The lowest BCUT2D eigenvalue weighted by Gasteiger charge is -2.29. The average molecular weight is 640 g/mol. The molecule has 0 bridgehead atoms. The molecular formula is C34H33F4N3O3S. The number of alkyl halides is 3. The molecule has 1 aliphatic carbocycles. The first-order valence-electron chi connectivity index (χ1n) is 14.7. The van der Waals surface area contributed by atoms with Gasteiger partial charge >= 0.3 is 6.18 Å². The number of likely N-dealkylation sites (N-methyl/N-ethyl adjacent to an activating group) is 1. The van der Waals surface area contributed by atoms with E-state index in [2.05, 4.69) is 4.98 Å². The average Bonchev–Trinajstić information content (AvgIpc) is 3.52. The topological polar surface area (TPSA) is 75.4 Å². The molecule has 11 heteroatoms. The minimum atomic E-state index is -4.40. The quantitative estimate of drug-likeness (QED) is 0.116. The van der Waals surface area contributed by atoms with Gasteiger partial charge in [-0.2, -0.15) is 18.2 Å². The van der Waals surface area contributed by atoms with Crippen LogP contribution < -0.4 is 5.56 Å². The molecular weight excluding hydrogens is 606 g/mol. The number of benzene rings is 3. The number of aliphatic hydroxyl groups excluding tert-OH is 1. The Morgan fingerprint density at radius 2 is 1.60 bits per heavy atom. The van der Waals surface area contributed by atoms with E-state index in [9.17, 15) is 32.3 Å². The Bertz CT molecular complexity index is 1690. The van der Waals surface area contributed by atoms with Gasteiger partial charge in [0, 0.05) is 30.6 Å². The smallest absolute Gasteiger partial charge is 0.395 e. The van der Waals surface area contributed by atoms with Gasteiger partial charge < -0.3 is 14.6 Å². The fourth-order valence-corrected chi connectivity index (χ4v) is 6.61. The SMILES string of the molecule is CN(CCO)C(=O)C(CCc1ccc(-c2ccc(C(F)(F)F)cc2)cc1)n1c(SCc2ccc(F)cc2)nc(=O)c2c1CCC2. The highest BCUT2D eigenvalue weighted by atomic mass is 32.2. The molecule has 1 aromatic heterocycles. The van der Waals surface area contributed by atoms with Gasteiger partial charge in [0.15, 0.2) is 5.16 Å². The molecule has 1 unspecified atom stereocenters. The second-order valence-corrected chi connectivity index (χ2v) is 12.0. The molecule has 1 N–H and O–H groups in total. The van der Waals surface area contributed by atoms with Crippen LogP contribution in [-0.4, -0.2) is 45.7 Å². The maximum atomic E-state index is 13.9. The third-order valence-electron chi connectivity index (χ3n) is 8.04. The van der Waals surface area contributed by atoms with Gasteiger partial charge in [-0.25, -0.2) is 4.39 Å². The highest BCUT2D eigenvalue weighted by Gasteiger charge is 2.32. The number of carbonyl (C=O) groups is 1. The Morgan fingerprint density at radius 3 is 2.22 bits per heavy atom. The predicted molar refractivity (Wildman–Crippen MR) is 165 cm³/mol. The van der Waals surface area contributed by atoms with Gasteiger partial charge in [0.05, 0.1) is 12.2 Å². The molecule has 0 saturated carbocycles. The minimum absolute atomic E-state index is 0.144. The predicted octanol–water partition coefficient (Wildman–Crippen LogP) is 6.47. The van der Waals surface area contributed by atoms with Crippen molar-refractivity contribution in [1.29, 1.82) is 0 Å². The van der Waals surface area contributed by atoms with Crippen molar-refractivity contribution < 1.29 is 27.5 Å². The van der Waals surface area contributed by atoms with Crippen LogP contribution in [0, 0.1) is 5.82 Å². The van der Waals surface area contributed by atoms with Crippen LogP contribution in [0.2, 0.25) is 0 Å². The largest absolute Gasteiger partial charge is 0.416 e. The van der Waals surface area contributed by atoms with E-state index in [4.69, 9.17) is 0 Å². The molecule has 4 aromatic rings. The number of carbonyl (C=O) groups excluding carboxylic acids is 1. The van der Waals surface area contributed by atoms with Crippen LogP contribution in [-0.2, 0) is 36.0 Å². The molecule has 45 heavy (non-hydrogen) atoms. The second-order valence-electron chi connectivity index (χ2n) is 11.1. The van der Waals surface area contributed by atoms with Gasteiger partial charge in [0.2, 0.25) is 5.91 Å². The minimum Gasteiger partial charge on any atom is -0.395 e. The van der Waals surface area contributed by atoms with Gasteiger partial charge in [-0.15, -0.1) is 0 Å². The van der Waals surface area contributed by atoms with Gasteiger partial charge in [-0.1, -0.05) is 60.3 Å². The van der Waals surface area contributed by atoms with E-state index in [1.165, 1.54) is 40.9 Å². The summed E-state index contributed by atoms with van der Waals surface area (Å²) >= 11 is 1.32. The van der Waals surface area contributed by atoms with Crippen LogP contribution in [0.1, 0.15) is 46.8 Å². The zero-order valence-electron chi connectivity index (χ0n) is 24.7. The van der Waals surface area contributed by atoms with Crippen molar-refractivity contribution >= 4 is 17.7 Å². The van der Waals surface area contributed by atoms with Crippen molar-refractivity contribution in [3.8, 4) is 11.1 Å². The number of hydrogen-bond donors (Lipinski definition) is 1. The van der Waals surface area contributed by atoms with Crippen LogP contribution in [0.4, 0.5) is 17.6 Å².